The van der Waals surface area contributed by atoms with E-state index in [1.807, 2.05) is 0 Å². The SMILES string of the molecule is CNCC(O)c1cc(Cl)cc(F)c1F. The minimum atomic E-state index is -1.10. The van der Waals surface area contributed by atoms with E-state index < -0.39 is 17.7 Å². The van der Waals surface area contributed by atoms with E-state index in [0.29, 0.717) is 0 Å². The van der Waals surface area contributed by atoms with Gasteiger partial charge in [-0.3, -0.25) is 0 Å². The zero-order valence-electron chi connectivity index (χ0n) is 7.52. The monoisotopic (exact) mass is 221 g/mol. The van der Waals surface area contributed by atoms with Crippen molar-refractivity contribution in [3.05, 3.63) is 34.4 Å². The molecule has 78 valence electrons. The van der Waals surface area contributed by atoms with Gasteiger partial charge in [0.2, 0.25) is 0 Å². The van der Waals surface area contributed by atoms with Gasteiger partial charge in [-0.25, -0.2) is 8.78 Å². The van der Waals surface area contributed by atoms with Crippen molar-refractivity contribution in [3.8, 4) is 0 Å². The third-order valence-corrected chi connectivity index (χ3v) is 2.00. The maximum atomic E-state index is 13.1. The van der Waals surface area contributed by atoms with E-state index in [9.17, 15) is 13.9 Å². The average Bonchev–Trinajstić information content (AvgIpc) is 2.11. The highest BCUT2D eigenvalue weighted by atomic mass is 35.5. The number of aliphatic hydroxyl groups excluding tert-OH is 1. The molecule has 2 nitrogen and oxygen atoms in total. The fraction of sp³-hybridized carbons (Fsp3) is 0.333. The topological polar surface area (TPSA) is 32.3 Å². The molecule has 5 heteroatoms. The first-order valence-corrected chi connectivity index (χ1v) is 4.41. The van der Waals surface area contributed by atoms with Gasteiger partial charge >= 0.3 is 0 Å². The normalized spacial score (nSPS) is 12.9. The van der Waals surface area contributed by atoms with Gasteiger partial charge in [0.15, 0.2) is 11.6 Å². The Morgan fingerprint density at radius 3 is 2.71 bits per heavy atom. The summed E-state index contributed by atoms with van der Waals surface area (Å²) in [7, 11) is 1.60. The summed E-state index contributed by atoms with van der Waals surface area (Å²) in [5.74, 6) is -2.11. The van der Waals surface area contributed by atoms with Crippen molar-refractivity contribution in [3.63, 3.8) is 0 Å². The van der Waals surface area contributed by atoms with Crippen molar-refractivity contribution in [2.45, 2.75) is 6.10 Å². The van der Waals surface area contributed by atoms with E-state index >= 15 is 0 Å². The summed E-state index contributed by atoms with van der Waals surface area (Å²) in [6.45, 7) is 0.136. The molecule has 0 amide bonds. The molecule has 0 radical (unpaired) electrons. The highest BCUT2D eigenvalue weighted by Gasteiger charge is 2.16. The van der Waals surface area contributed by atoms with Crippen LogP contribution in [0.15, 0.2) is 12.1 Å². The summed E-state index contributed by atoms with van der Waals surface area (Å²) in [5, 5.41) is 12.1. The van der Waals surface area contributed by atoms with Crippen LogP contribution in [0.2, 0.25) is 5.02 Å². The van der Waals surface area contributed by atoms with Gasteiger partial charge in [-0.2, -0.15) is 0 Å². The number of halogens is 3. The van der Waals surface area contributed by atoms with Gasteiger partial charge in [-0.1, -0.05) is 11.6 Å². The van der Waals surface area contributed by atoms with Crippen molar-refractivity contribution in [2.24, 2.45) is 0 Å². The first-order valence-electron chi connectivity index (χ1n) is 4.03. The lowest BCUT2D eigenvalue weighted by atomic mass is 10.1. The molecule has 0 saturated carbocycles. The molecular weight excluding hydrogens is 212 g/mol. The van der Waals surface area contributed by atoms with Crippen LogP contribution in [0, 0.1) is 11.6 Å². The maximum absolute atomic E-state index is 13.1. The van der Waals surface area contributed by atoms with E-state index in [0.717, 1.165) is 6.07 Å². The molecule has 0 bridgehead atoms. The van der Waals surface area contributed by atoms with Crippen LogP contribution in [0.4, 0.5) is 8.78 Å². The molecule has 14 heavy (non-hydrogen) atoms. The average molecular weight is 222 g/mol. The predicted octanol–water partition coefficient (Wildman–Crippen LogP) is 1.87. The number of benzene rings is 1. The molecule has 0 aliphatic rings. The Balaban J connectivity index is 3.07. The summed E-state index contributed by atoms with van der Waals surface area (Å²) in [4.78, 5) is 0. The second-order valence-corrected chi connectivity index (χ2v) is 3.30. The first kappa shape index (κ1) is 11.4. The van der Waals surface area contributed by atoms with Gasteiger partial charge in [0.25, 0.3) is 0 Å². The molecule has 0 aliphatic heterocycles. The van der Waals surface area contributed by atoms with E-state index in [1.165, 1.54) is 6.07 Å². The third-order valence-electron chi connectivity index (χ3n) is 1.78. The molecule has 1 aromatic carbocycles. The number of nitrogens with one attached hydrogen (secondary N) is 1. The highest BCUT2D eigenvalue weighted by molar-refractivity contribution is 6.30. The Hall–Kier alpha value is -0.710. The number of rotatable bonds is 3. The van der Waals surface area contributed by atoms with Crippen molar-refractivity contribution in [1.29, 1.82) is 0 Å². The van der Waals surface area contributed by atoms with Crippen LogP contribution in [0.1, 0.15) is 11.7 Å². The summed E-state index contributed by atoms with van der Waals surface area (Å²) in [6.07, 6.45) is -1.10. The van der Waals surface area contributed by atoms with Crippen LogP contribution < -0.4 is 5.32 Å². The first-order chi connectivity index (χ1) is 6.56. The number of aliphatic hydroxyl groups is 1. The number of hydrogen-bond donors (Lipinski definition) is 2. The second kappa shape index (κ2) is 4.68. The van der Waals surface area contributed by atoms with Gasteiger partial charge in [0, 0.05) is 17.1 Å². The zero-order valence-corrected chi connectivity index (χ0v) is 8.28. The molecule has 1 aromatic rings. The van der Waals surface area contributed by atoms with E-state index in [1.54, 1.807) is 7.05 Å². The van der Waals surface area contributed by atoms with E-state index in [-0.39, 0.29) is 17.1 Å². The lowest BCUT2D eigenvalue weighted by Crippen LogP contribution is -2.18. The van der Waals surface area contributed by atoms with Crippen LogP contribution in [-0.2, 0) is 0 Å². The molecule has 1 unspecified atom stereocenters. The van der Waals surface area contributed by atoms with Gasteiger partial charge in [0.1, 0.15) is 0 Å². The molecule has 0 spiro atoms. The number of hydrogen-bond acceptors (Lipinski definition) is 2. The van der Waals surface area contributed by atoms with E-state index in [2.05, 4.69) is 5.32 Å². The predicted molar refractivity (Wildman–Crippen MR) is 50.3 cm³/mol. The highest BCUT2D eigenvalue weighted by Crippen LogP contribution is 2.23. The summed E-state index contributed by atoms with van der Waals surface area (Å²) < 4.78 is 26.0. The molecule has 0 fully saturated rings. The summed E-state index contributed by atoms with van der Waals surface area (Å²) in [6, 6.07) is 2.08. The lowest BCUT2D eigenvalue weighted by molar-refractivity contribution is 0.172. The Labute approximate surface area is 85.5 Å². The second-order valence-electron chi connectivity index (χ2n) is 2.86. The third kappa shape index (κ3) is 2.41. The smallest absolute Gasteiger partial charge is 0.164 e. The van der Waals surface area contributed by atoms with Crippen LogP contribution in [0.25, 0.3) is 0 Å². The van der Waals surface area contributed by atoms with Gasteiger partial charge in [-0.15, -0.1) is 0 Å². The van der Waals surface area contributed by atoms with E-state index in [4.69, 9.17) is 11.6 Å². The molecular formula is C9H10ClF2NO. The summed E-state index contributed by atoms with van der Waals surface area (Å²) in [5.41, 5.74) is -0.135. The standard InChI is InChI=1S/C9H10ClF2NO/c1-13-4-8(14)6-2-5(10)3-7(11)9(6)12/h2-3,8,13-14H,4H2,1H3. The van der Waals surface area contributed by atoms with Crippen molar-refractivity contribution in [2.75, 3.05) is 13.6 Å². The van der Waals surface area contributed by atoms with Crippen LogP contribution in [-0.4, -0.2) is 18.7 Å². The molecule has 1 rings (SSSR count). The largest absolute Gasteiger partial charge is 0.387 e. The van der Waals surface area contributed by atoms with Crippen LogP contribution in [0.5, 0.6) is 0 Å². The van der Waals surface area contributed by atoms with Gasteiger partial charge in [0.05, 0.1) is 6.10 Å². The van der Waals surface area contributed by atoms with Crippen LogP contribution >= 0.6 is 11.6 Å². The fourth-order valence-corrected chi connectivity index (χ4v) is 1.34. The summed E-state index contributed by atoms with van der Waals surface area (Å²) >= 11 is 5.53. The van der Waals surface area contributed by atoms with Crippen LogP contribution in [0.3, 0.4) is 0 Å². The Kier molecular flexibility index (Phi) is 3.80. The Morgan fingerprint density at radius 2 is 2.14 bits per heavy atom. The van der Waals surface area contributed by atoms with Crippen molar-refractivity contribution < 1.29 is 13.9 Å². The van der Waals surface area contributed by atoms with Gasteiger partial charge in [-0.05, 0) is 19.2 Å². The Bertz CT molecular complexity index is 333. The van der Waals surface area contributed by atoms with Crippen molar-refractivity contribution in [1.82, 2.24) is 5.32 Å². The minimum Gasteiger partial charge on any atom is -0.387 e. The lowest BCUT2D eigenvalue weighted by Gasteiger charge is -2.11. The maximum Gasteiger partial charge on any atom is 0.164 e. The Morgan fingerprint density at radius 1 is 1.50 bits per heavy atom. The molecule has 0 heterocycles. The molecule has 1 atom stereocenters. The molecule has 2 N–H and O–H groups in total. The molecule has 0 aliphatic carbocycles. The van der Waals surface area contributed by atoms with Crippen molar-refractivity contribution >= 4 is 11.6 Å². The van der Waals surface area contributed by atoms with Gasteiger partial charge < -0.3 is 10.4 Å². The molecule has 0 aromatic heterocycles. The number of likely N-dealkylation sites (N-methyl/N-ethyl adjacent to an activating group) is 1. The quantitative estimate of drug-likeness (QED) is 0.764. The zero-order chi connectivity index (χ0) is 10.7. The fourth-order valence-electron chi connectivity index (χ4n) is 1.12. The molecule has 0 saturated heterocycles. The minimum absolute atomic E-state index is 0.0639.